The number of aromatic amines is 1. The molecule has 3 aromatic heterocycles. The maximum absolute atomic E-state index is 14.5. The standard InChI is InChI=1S/C26H26FN5O3/c1-13-12-29-26(33)20-21(13)32-23(24(20)31-19-7-5-6-16(27)25(19)35-4)15-10-11-28-18-9-8-17(14(2)34-3)30-22(15)18/h5-11,13-14,31-32H,12H2,1-4H3,(H,29,33)/t13-,14+/m1/s1. The van der Waals surface area contributed by atoms with Crippen molar-refractivity contribution >= 4 is 28.3 Å². The molecule has 2 atom stereocenters. The van der Waals surface area contributed by atoms with E-state index < -0.39 is 5.82 Å². The van der Waals surface area contributed by atoms with Gasteiger partial charge < -0.3 is 25.1 Å². The van der Waals surface area contributed by atoms with E-state index in [0.717, 1.165) is 17.0 Å². The average molecular weight is 476 g/mol. The van der Waals surface area contributed by atoms with Crippen LogP contribution in [0, 0.1) is 5.82 Å². The third-order valence-electron chi connectivity index (χ3n) is 6.39. The Balaban J connectivity index is 1.77. The molecule has 35 heavy (non-hydrogen) atoms. The van der Waals surface area contributed by atoms with Crippen LogP contribution in [0.3, 0.4) is 0 Å². The van der Waals surface area contributed by atoms with Gasteiger partial charge in [-0.1, -0.05) is 13.0 Å². The number of ether oxygens (including phenoxy) is 2. The molecule has 1 aliphatic heterocycles. The number of para-hydroxylation sites is 1. The number of halogens is 1. The molecule has 1 aromatic carbocycles. The Bertz CT molecular complexity index is 1430. The number of anilines is 2. The molecular formula is C26H26FN5O3. The lowest BCUT2D eigenvalue weighted by Gasteiger charge is -2.20. The quantitative estimate of drug-likeness (QED) is 0.360. The SMILES string of the molecule is COc1c(F)cccc1Nc1c(-c2ccnc3ccc([C@H](C)OC)nc23)[nH]c2c1C(=O)NC[C@H]2C. The summed E-state index contributed by atoms with van der Waals surface area (Å²) in [7, 11) is 3.04. The van der Waals surface area contributed by atoms with Gasteiger partial charge in [-0.05, 0) is 37.3 Å². The fraction of sp³-hybridized carbons (Fsp3) is 0.269. The topological polar surface area (TPSA) is 101 Å². The van der Waals surface area contributed by atoms with Crippen LogP contribution in [0.1, 0.15) is 47.6 Å². The number of pyridine rings is 2. The third kappa shape index (κ3) is 3.87. The van der Waals surface area contributed by atoms with Gasteiger partial charge in [-0.25, -0.2) is 9.37 Å². The number of amides is 1. The molecule has 0 radical (unpaired) electrons. The fourth-order valence-electron chi connectivity index (χ4n) is 4.43. The predicted octanol–water partition coefficient (Wildman–Crippen LogP) is 5.07. The molecule has 5 rings (SSSR count). The Labute approximate surface area is 201 Å². The number of H-pyrrole nitrogens is 1. The lowest BCUT2D eigenvalue weighted by molar-refractivity contribution is 0.0942. The van der Waals surface area contributed by atoms with E-state index in [1.54, 1.807) is 25.4 Å². The Kier molecular flexibility index (Phi) is 5.86. The number of nitrogens with one attached hydrogen (secondary N) is 3. The first kappa shape index (κ1) is 22.8. The van der Waals surface area contributed by atoms with E-state index in [1.165, 1.54) is 13.2 Å². The minimum atomic E-state index is -0.504. The van der Waals surface area contributed by atoms with Gasteiger partial charge in [0.2, 0.25) is 0 Å². The fourth-order valence-corrected chi connectivity index (χ4v) is 4.43. The second kappa shape index (κ2) is 8.99. The summed E-state index contributed by atoms with van der Waals surface area (Å²) >= 11 is 0. The van der Waals surface area contributed by atoms with Crippen LogP contribution in [0.25, 0.3) is 22.3 Å². The molecule has 0 fully saturated rings. The first-order valence-corrected chi connectivity index (χ1v) is 11.3. The van der Waals surface area contributed by atoms with Crippen molar-refractivity contribution in [2.24, 2.45) is 0 Å². The van der Waals surface area contributed by atoms with Gasteiger partial charge in [-0.2, -0.15) is 0 Å². The minimum absolute atomic E-state index is 0.0524. The smallest absolute Gasteiger partial charge is 0.255 e. The number of nitrogens with zero attached hydrogens (tertiary/aromatic N) is 2. The number of hydrogen-bond donors (Lipinski definition) is 3. The van der Waals surface area contributed by atoms with Gasteiger partial charge in [-0.3, -0.25) is 9.78 Å². The molecule has 0 saturated carbocycles. The second-order valence-corrected chi connectivity index (χ2v) is 8.56. The lowest BCUT2D eigenvalue weighted by atomic mass is 9.98. The largest absolute Gasteiger partial charge is 0.492 e. The van der Waals surface area contributed by atoms with E-state index in [0.29, 0.717) is 40.2 Å². The summed E-state index contributed by atoms with van der Waals surface area (Å²) in [5, 5.41) is 6.21. The van der Waals surface area contributed by atoms with E-state index in [-0.39, 0.29) is 23.7 Å². The van der Waals surface area contributed by atoms with Crippen molar-refractivity contribution in [1.82, 2.24) is 20.3 Å². The summed E-state index contributed by atoms with van der Waals surface area (Å²) in [6, 6.07) is 10.3. The van der Waals surface area contributed by atoms with Crippen molar-refractivity contribution < 1.29 is 18.7 Å². The van der Waals surface area contributed by atoms with Crippen molar-refractivity contribution in [3.05, 3.63) is 65.4 Å². The maximum atomic E-state index is 14.5. The number of hydrogen-bond acceptors (Lipinski definition) is 6. The zero-order chi connectivity index (χ0) is 24.7. The van der Waals surface area contributed by atoms with E-state index in [2.05, 4.69) is 20.6 Å². The van der Waals surface area contributed by atoms with Crippen LogP contribution >= 0.6 is 0 Å². The molecule has 0 spiro atoms. The summed E-state index contributed by atoms with van der Waals surface area (Å²) in [4.78, 5) is 25.8. The number of benzene rings is 1. The molecular weight excluding hydrogens is 449 g/mol. The van der Waals surface area contributed by atoms with Gasteiger partial charge in [0.05, 0.1) is 52.6 Å². The number of aromatic nitrogens is 3. The number of methoxy groups -OCH3 is 2. The third-order valence-corrected chi connectivity index (χ3v) is 6.39. The van der Waals surface area contributed by atoms with Crippen molar-refractivity contribution in [1.29, 1.82) is 0 Å². The van der Waals surface area contributed by atoms with Gasteiger partial charge in [0.15, 0.2) is 11.6 Å². The predicted molar refractivity (Wildman–Crippen MR) is 132 cm³/mol. The highest BCUT2D eigenvalue weighted by molar-refractivity contribution is 6.08. The molecule has 8 nitrogen and oxygen atoms in total. The van der Waals surface area contributed by atoms with Crippen LogP contribution in [0.5, 0.6) is 5.75 Å². The summed E-state index contributed by atoms with van der Waals surface area (Å²) in [6.45, 7) is 4.47. The van der Waals surface area contributed by atoms with Gasteiger partial charge in [-0.15, -0.1) is 0 Å². The van der Waals surface area contributed by atoms with Crippen molar-refractivity contribution in [3.8, 4) is 17.0 Å². The van der Waals surface area contributed by atoms with Gasteiger partial charge in [0.1, 0.15) is 0 Å². The van der Waals surface area contributed by atoms with Crippen molar-refractivity contribution in [2.45, 2.75) is 25.9 Å². The zero-order valence-corrected chi connectivity index (χ0v) is 19.9. The lowest BCUT2D eigenvalue weighted by Crippen LogP contribution is -2.33. The van der Waals surface area contributed by atoms with Crippen LogP contribution in [0.4, 0.5) is 15.8 Å². The van der Waals surface area contributed by atoms with Crippen molar-refractivity contribution in [3.63, 3.8) is 0 Å². The normalized spacial score (nSPS) is 16.0. The van der Waals surface area contributed by atoms with Crippen LogP contribution in [-0.2, 0) is 4.74 Å². The highest BCUT2D eigenvalue weighted by atomic mass is 19.1. The molecule has 0 bridgehead atoms. The molecule has 3 N–H and O–H groups in total. The van der Waals surface area contributed by atoms with E-state index in [9.17, 15) is 9.18 Å². The van der Waals surface area contributed by atoms with Gasteiger partial charge >= 0.3 is 0 Å². The highest BCUT2D eigenvalue weighted by Crippen LogP contribution is 2.42. The molecule has 180 valence electrons. The first-order chi connectivity index (χ1) is 16.9. The summed E-state index contributed by atoms with van der Waals surface area (Å²) in [5.41, 5.74) is 5.75. The molecule has 4 heterocycles. The number of rotatable bonds is 6. The number of carbonyl (C=O) groups excluding carboxylic acids is 1. The summed E-state index contributed by atoms with van der Waals surface area (Å²) < 4.78 is 25.2. The minimum Gasteiger partial charge on any atom is -0.492 e. The highest BCUT2D eigenvalue weighted by Gasteiger charge is 2.32. The van der Waals surface area contributed by atoms with E-state index >= 15 is 0 Å². The maximum Gasteiger partial charge on any atom is 0.255 e. The van der Waals surface area contributed by atoms with E-state index in [1.807, 2.05) is 32.0 Å². The molecule has 0 aliphatic carbocycles. The molecule has 4 aromatic rings. The second-order valence-electron chi connectivity index (χ2n) is 8.56. The number of fused-ring (bicyclic) bond motifs is 2. The average Bonchev–Trinajstić information content (AvgIpc) is 3.25. The summed E-state index contributed by atoms with van der Waals surface area (Å²) in [5.74, 6) is -0.600. The molecule has 1 amide bonds. The summed E-state index contributed by atoms with van der Waals surface area (Å²) in [6.07, 6.45) is 1.50. The molecule has 0 saturated heterocycles. The zero-order valence-electron chi connectivity index (χ0n) is 19.9. The Morgan fingerprint density at radius 2 is 2.03 bits per heavy atom. The van der Waals surface area contributed by atoms with Crippen LogP contribution in [0.2, 0.25) is 0 Å². The van der Waals surface area contributed by atoms with E-state index in [4.69, 9.17) is 14.5 Å². The molecule has 0 unspecified atom stereocenters. The van der Waals surface area contributed by atoms with Crippen LogP contribution in [0.15, 0.2) is 42.6 Å². The van der Waals surface area contributed by atoms with Gasteiger partial charge in [0.25, 0.3) is 5.91 Å². The molecule has 1 aliphatic rings. The van der Waals surface area contributed by atoms with Crippen LogP contribution < -0.4 is 15.4 Å². The van der Waals surface area contributed by atoms with Crippen LogP contribution in [-0.4, -0.2) is 41.6 Å². The van der Waals surface area contributed by atoms with Crippen molar-refractivity contribution in [2.75, 3.05) is 26.1 Å². The monoisotopic (exact) mass is 475 g/mol. The Morgan fingerprint density at radius 3 is 2.80 bits per heavy atom. The first-order valence-electron chi connectivity index (χ1n) is 11.3. The Morgan fingerprint density at radius 1 is 1.20 bits per heavy atom. The Hall–Kier alpha value is -3.98. The molecule has 9 heteroatoms. The number of carbonyl (C=O) groups is 1. The van der Waals surface area contributed by atoms with Gasteiger partial charge in [0, 0.05) is 37.0 Å².